The Morgan fingerprint density at radius 2 is 1.72 bits per heavy atom. The normalized spacial score (nSPS) is 11.9. The van der Waals surface area contributed by atoms with Crippen molar-refractivity contribution < 1.29 is 23.8 Å². The molecule has 0 spiro atoms. The summed E-state index contributed by atoms with van der Waals surface area (Å²) in [4.78, 5) is 26.5. The van der Waals surface area contributed by atoms with E-state index in [1.165, 1.54) is 0 Å². The van der Waals surface area contributed by atoms with E-state index in [2.05, 4.69) is 5.32 Å². The maximum Gasteiger partial charge on any atom is 0.412 e. The van der Waals surface area contributed by atoms with Crippen LogP contribution in [0.5, 0.6) is 11.5 Å². The van der Waals surface area contributed by atoms with Crippen LogP contribution in [0.3, 0.4) is 0 Å². The highest BCUT2D eigenvalue weighted by molar-refractivity contribution is 5.71. The van der Waals surface area contributed by atoms with Crippen molar-refractivity contribution in [1.82, 2.24) is 10.2 Å². The highest BCUT2D eigenvalue weighted by Gasteiger charge is 2.28. The average molecular weight is 443 g/mol. The summed E-state index contributed by atoms with van der Waals surface area (Å²) in [5.41, 5.74) is 1.22. The topological polar surface area (TPSA) is 77.1 Å². The fraction of sp³-hybridized carbons (Fsp3) is 0.440. The Morgan fingerprint density at radius 1 is 1.06 bits per heavy atom. The summed E-state index contributed by atoms with van der Waals surface area (Å²) in [5.74, 6) is 1.20. The molecule has 7 heteroatoms. The number of nitrogens with zero attached hydrogens (tertiary/aromatic N) is 1. The van der Waals surface area contributed by atoms with E-state index in [1.807, 2.05) is 64.1 Å². The lowest BCUT2D eigenvalue weighted by Gasteiger charge is -2.32. The molecule has 0 saturated heterocycles. The monoisotopic (exact) mass is 442 g/mol. The summed E-state index contributed by atoms with van der Waals surface area (Å²) < 4.78 is 16.4. The highest BCUT2D eigenvalue weighted by Crippen LogP contribution is 2.33. The van der Waals surface area contributed by atoms with Gasteiger partial charge in [0.25, 0.3) is 0 Å². The Kier molecular flexibility index (Phi) is 8.93. The Morgan fingerprint density at radius 3 is 2.31 bits per heavy atom. The van der Waals surface area contributed by atoms with E-state index >= 15 is 0 Å². The molecule has 174 valence electrons. The van der Waals surface area contributed by atoms with Crippen LogP contribution in [0.15, 0.2) is 48.5 Å². The predicted octanol–water partition coefficient (Wildman–Crippen LogP) is 5.34. The van der Waals surface area contributed by atoms with Crippen LogP contribution in [0.1, 0.15) is 51.3 Å². The smallest absolute Gasteiger partial charge is 0.412 e. The van der Waals surface area contributed by atoms with Crippen molar-refractivity contribution in [3.05, 3.63) is 59.7 Å². The number of rotatable bonds is 8. The number of nitrogens with one attached hydrogen (secondary N) is 1. The molecule has 2 rings (SSSR count). The number of hydrogen-bond acceptors (Lipinski definition) is 5. The molecule has 0 saturated carbocycles. The van der Waals surface area contributed by atoms with Crippen LogP contribution in [0.25, 0.3) is 0 Å². The van der Waals surface area contributed by atoms with Crippen molar-refractivity contribution in [2.24, 2.45) is 0 Å². The maximum absolute atomic E-state index is 12.9. The van der Waals surface area contributed by atoms with Crippen LogP contribution in [0.2, 0.25) is 0 Å². The van der Waals surface area contributed by atoms with Gasteiger partial charge in [-0.1, -0.05) is 30.3 Å². The van der Waals surface area contributed by atoms with Gasteiger partial charge in [0.2, 0.25) is 0 Å². The number of amides is 2. The fourth-order valence-electron chi connectivity index (χ4n) is 3.24. The lowest BCUT2D eigenvalue weighted by molar-refractivity contribution is 0.0210. The van der Waals surface area contributed by atoms with Crippen molar-refractivity contribution in [3.63, 3.8) is 0 Å². The van der Waals surface area contributed by atoms with E-state index in [0.29, 0.717) is 25.1 Å². The summed E-state index contributed by atoms with van der Waals surface area (Å²) in [5, 5.41) is 2.63. The van der Waals surface area contributed by atoms with Crippen molar-refractivity contribution in [3.8, 4) is 11.5 Å². The zero-order valence-electron chi connectivity index (χ0n) is 19.8. The molecule has 1 N–H and O–H groups in total. The standard InChI is InChI=1S/C25H34N2O5/c1-7-26-23(28)31-22-11-9-8-10-20(22)21(27(5)24(29)32-25(2,3)4)17-14-18-12-15-19(30-6)16-13-18/h8-13,15-16,21H,7,14,17H2,1-6H3,(H,26,28). The minimum Gasteiger partial charge on any atom is -0.497 e. The first-order valence-electron chi connectivity index (χ1n) is 10.8. The van der Waals surface area contributed by atoms with Gasteiger partial charge in [-0.15, -0.1) is 0 Å². The van der Waals surface area contributed by atoms with Crippen LogP contribution in [-0.2, 0) is 11.2 Å². The molecular weight excluding hydrogens is 408 g/mol. The van der Waals surface area contributed by atoms with Gasteiger partial charge in [0.05, 0.1) is 13.2 Å². The molecular formula is C25H34N2O5. The van der Waals surface area contributed by atoms with Crippen LogP contribution >= 0.6 is 0 Å². The van der Waals surface area contributed by atoms with Gasteiger partial charge in [-0.25, -0.2) is 9.59 Å². The Bertz CT molecular complexity index is 890. The summed E-state index contributed by atoms with van der Waals surface area (Å²) >= 11 is 0. The van der Waals surface area contributed by atoms with Gasteiger partial charge in [0.15, 0.2) is 0 Å². The van der Waals surface area contributed by atoms with E-state index < -0.39 is 17.8 Å². The van der Waals surface area contributed by atoms with Crippen LogP contribution in [0.4, 0.5) is 9.59 Å². The third-order valence-corrected chi connectivity index (χ3v) is 4.82. The molecule has 1 atom stereocenters. The zero-order valence-corrected chi connectivity index (χ0v) is 19.8. The first kappa shape index (κ1) is 25.0. The van der Waals surface area contributed by atoms with Gasteiger partial charge in [0.1, 0.15) is 17.1 Å². The number of ether oxygens (including phenoxy) is 3. The molecule has 0 aliphatic heterocycles. The second-order valence-corrected chi connectivity index (χ2v) is 8.45. The SMILES string of the molecule is CCNC(=O)Oc1ccccc1C(CCc1ccc(OC)cc1)N(C)C(=O)OC(C)(C)C. The van der Waals surface area contributed by atoms with Gasteiger partial charge in [-0.05, 0) is 64.3 Å². The molecule has 0 aliphatic carbocycles. The third kappa shape index (κ3) is 7.48. The molecule has 0 fully saturated rings. The summed E-state index contributed by atoms with van der Waals surface area (Å²) in [6.07, 6.45) is 0.341. The molecule has 32 heavy (non-hydrogen) atoms. The fourth-order valence-corrected chi connectivity index (χ4v) is 3.24. The minimum absolute atomic E-state index is 0.363. The number of hydrogen-bond donors (Lipinski definition) is 1. The summed E-state index contributed by atoms with van der Waals surface area (Å²) in [7, 11) is 3.34. The first-order chi connectivity index (χ1) is 15.1. The van der Waals surface area contributed by atoms with E-state index in [-0.39, 0.29) is 6.04 Å². The molecule has 0 aromatic heterocycles. The largest absolute Gasteiger partial charge is 0.497 e. The summed E-state index contributed by atoms with van der Waals surface area (Å²) in [6, 6.07) is 14.7. The van der Waals surface area contributed by atoms with Gasteiger partial charge >= 0.3 is 12.2 Å². The molecule has 1 unspecified atom stereocenters. The van der Waals surface area contributed by atoms with Crippen molar-refractivity contribution in [2.75, 3.05) is 20.7 Å². The van der Waals surface area contributed by atoms with Crippen molar-refractivity contribution in [1.29, 1.82) is 0 Å². The average Bonchev–Trinajstić information content (AvgIpc) is 2.74. The number of para-hydroxylation sites is 1. The molecule has 0 bridgehead atoms. The molecule has 2 aromatic rings. The van der Waals surface area contributed by atoms with Gasteiger partial charge in [-0.3, -0.25) is 0 Å². The molecule has 0 aliphatic rings. The number of carbonyl (C=O) groups is 2. The van der Waals surface area contributed by atoms with Gasteiger partial charge < -0.3 is 24.4 Å². The quantitative estimate of drug-likeness (QED) is 0.597. The van der Waals surface area contributed by atoms with Crippen LogP contribution in [-0.4, -0.2) is 43.4 Å². The van der Waals surface area contributed by atoms with Gasteiger partial charge in [-0.2, -0.15) is 0 Å². The third-order valence-electron chi connectivity index (χ3n) is 4.82. The number of carbonyl (C=O) groups excluding carboxylic acids is 2. The second kappa shape index (κ2) is 11.4. The van der Waals surface area contributed by atoms with E-state index in [1.54, 1.807) is 31.2 Å². The zero-order chi connectivity index (χ0) is 23.7. The summed E-state index contributed by atoms with van der Waals surface area (Å²) in [6.45, 7) is 7.77. The van der Waals surface area contributed by atoms with Crippen molar-refractivity contribution in [2.45, 2.75) is 52.2 Å². The molecule has 7 nitrogen and oxygen atoms in total. The molecule has 2 amide bonds. The number of aryl methyl sites for hydroxylation is 1. The number of methoxy groups -OCH3 is 1. The second-order valence-electron chi connectivity index (χ2n) is 8.45. The van der Waals surface area contributed by atoms with E-state index in [0.717, 1.165) is 16.9 Å². The lowest BCUT2D eigenvalue weighted by Crippen LogP contribution is -2.37. The first-order valence-corrected chi connectivity index (χ1v) is 10.8. The Labute approximate surface area is 190 Å². The highest BCUT2D eigenvalue weighted by atomic mass is 16.6. The minimum atomic E-state index is -0.622. The van der Waals surface area contributed by atoms with Crippen LogP contribution < -0.4 is 14.8 Å². The molecule has 2 aromatic carbocycles. The lowest BCUT2D eigenvalue weighted by atomic mass is 9.97. The van der Waals surface area contributed by atoms with Gasteiger partial charge in [0, 0.05) is 19.2 Å². The van der Waals surface area contributed by atoms with Crippen molar-refractivity contribution >= 4 is 12.2 Å². The Balaban J connectivity index is 2.32. The van der Waals surface area contributed by atoms with E-state index in [9.17, 15) is 9.59 Å². The van der Waals surface area contributed by atoms with E-state index in [4.69, 9.17) is 14.2 Å². The van der Waals surface area contributed by atoms with Crippen LogP contribution in [0, 0.1) is 0 Å². The number of benzene rings is 2. The molecule has 0 radical (unpaired) electrons. The maximum atomic E-state index is 12.9. The molecule has 0 heterocycles. The Hall–Kier alpha value is -3.22. The predicted molar refractivity (Wildman–Crippen MR) is 124 cm³/mol.